The Labute approximate surface area is 218 Å². The summed E-state index contributed by atoms with van der Waals surface area (Å²) in [6.07, 6.45) is 27.8. The van der Waals surface area contributed by atoms with Crippen molar-refractivity contribution in [2.45, 2.75) is 136 Å². The zero-order valence-electron chi connectivity index (χ0n) is 23.8. The van der Waals surface area contributed by atoms with Crippen LogP contribution in [0.2, 0.25) is 0 Å². The predicted molar refractivity (Wildman–Crippen MR) is 151 cm³/mol. The van der Waals surface area contributed by atoms with Gasteiger partial charge < -0.3 is 9.84 Å². The lowest BCUT2D eigenvalue weighted by atomic mass is 9.75. The molecule has 2 aliphatic rings. The Bertz CT molecular complexity index is 501. The Morgan fingerprint density at radius 2 is 1.29 bits per heavy atom. The predicted octanol–water partition coefficient (Wildman–Crippen LogP) is 8.93. The monoisotopic (exact) mass is 492 g/mol. The lowest BCUT2D eigenvalue weighted by molar-refractivity contribution is -0.104. The first-order chi connectivity index (χ1) is 17.0. The topological polar surface area (TPSA) is 46.5 Å². The highest BCUT2D eigenvalue weighted by molar-refractivity contribution is 5.70. The van der Waals surface area contributed by atoms with Crippen molar-refractivity contribution in [1.82, 2.24) is 0 Å². The summed E-state index contributed by atoms with van der Waals surface area (Å²) in [5.74, 6) is 4.69. The molecule has 2 rings (SSSR count). The highest BCUT2D eigenvalue weighted by Gasteiger charge is 2.24. The molecule has 2 aliphatic carbocycles. The quantitative estimate of drug-likeness (QED) is 0.125. The molecule has 3 nitrogen and oxygen atoms in total. The molecule has 35 heavy (non-hydrogen) atoms. The van der Waals surface area contributed by atoms with Gasteiger partial charge in [-0.2, -0.15) is 0 Å². The number of aliphatic hydroxyl groups excluding tert-OH is 1. The van der Waals surface area contributed by atoms with E-state index in [9.17, 15) is 9.90 Å². The van der Waals surface area contributed by atoms with Crippen LogP contribution in [0.5, 0.6) is 0 Å². The highest BCUT2D eigenvalue weighted by atomic mass is 16.5. The van der Waals surface area contributed by atoms with Gasteiger partial charge in [0.15, 0.2) is 0 Å². The zero-order chi connectivity index (χ0) is 25.7. The number of aldehydes is 1. The van der Waals surface area contributed by atoms with Gasteiger partial charge in [0, 0.05) is 20.3 Å². The van der Waals surface area contributed by atoms with Crippen LogP contribution in [0.1, 0.15) is 136 Å². The van der Waals surface area contributed by atoms with Crippen molar-refractivity contribution in [3.63, 3.8) is 0 Å². The minimum Gasteiger partial charge on any atom is -0.396 e. The zero-order valence-corrected chi connectivity index (χ0v) is 23.8. The first-order valence-electron chi connectivity index (χ1n) is 15.2. The fourth-order valence-corrected chi connectivity index (χ4v) is 6.43. The summed E-state index contributed by atoms with van der Waals surface area (Å²) in [6, 6.07) is 0. The number of unbranched alkanes of at least 4 members (excludes halogenated alkanes) is 3. The summed E-state index contributed by atoms with van der Waals surface area (Å²) in [6.45, 7) is 8.47. The molecule has 0 aromatic rings. The summed E-state index contributed by atoms with van der Waals surface area (Å²) in [5, 5.41) is 9.34. The fraction of sp³-hybridized carbons (Fsp3) is 0.906. The lowest BCUT2D eigenvalue weighted by Gasteiger charge is -2.31. The lowest BCUT2D eigenvalue weighted by Crippen LogP contribution is -2.19. The van der Waals surface area contributed by atoms with Crippen molar-refractivity contribution in [1.29, 1.82) is 0 Å². The number of methoxy groups -OCH3 is 1. The van der Waals surface area contributed by atoms with Gasteiger partial charge in [0.25, 0.3) is 0 Å². The molecule has 0 bridgehead atoms. The Hall–Kier alpha value is -0.670. The summed E-state index contributed by atoms with van der Waals surface area (Å²) in [7, 11) is 1.79. The van der Waals surface area contributed by atoms with Crippen molar-refractivity contribution in [2.24, 2.45) is 29.6 Å². The van der Waals surface area contributed by atoms with Crippen LogP contribution in [0.3, 0.4) is 0 Å². The fourth-order valence-electron chi connectivity index (χ4n) is 6.43. The van der Waals surface area contributed by atoms with E-state index < -0.39 is 0 Å². The molecule has 3 heteroatoms. The molecule has 0 aromatic heterocycles. The maximum absolute atomic E-state index is 9.41. The number of hydrogen-bond donors (Lipinski definition) is 1. The van der Waals surface area contributed by atoms with Crippen molar-refractivity contribution < 1.29 is 14.6 Å². The Kier molecular flexibility index (Phi) is 19.8. The second-order valence-electron chi connectivity index (χ2n) is 11.9. The van der Waals surface area contributed by atoms with E-state index in [0.717, 1.165) is 49.4 Å². The van der Waals surface area contributed by atoms with Crippen LogP contribution in [0.4, 0.5) is 0 Å². The molecular formula is C32H60O3. The van der Waals surface area contributed by atoms with Crippen LogP contribution in [-0.4, -0.2) is 31.7 Å². The van der Waals surface area contributed by atoms with E-state index in [-0.39, 0.29) is 0 Å². The Balaban J connectivity index is 0.00000111. The minimum atomic E-state index is 0.338. The minimum absolute atomic E-state index is 0.338. The average Bonchev–Trinajstić information content (AvgIpc) is 2.87. The largest absolute Gasteiger partial charge is 0.396 e. The number of aliphatic hydroxyl groups is 1. The molecule has 0 amide bonds. The normalized spacial score (nSPS) is 25.4. The SMILES string of the molecule is C=C(C)C=O.CCCCCC1CCC(CCCCC2CCC(CC(CCO)CCOC)CC2)CC1. The van der Waals surface area contributed by atoms with Gasteiger partial charge in [-0.15, -0.1) is 0 Å². The molecule has 1 atom stereocenters. The van der Waals surface area contributed by atoms with Crippen LogP contribution in [0, 0.1) is 29.6 Å². The molecule has 0 spiro atoms. The van der Waals surface area contributed by atoms with Crippen LogP contribution in [-0.2, 0) is 9.53 Å². The van der Waals surface area contributed by atoms with Gasteiger partial charge in [-0.1, -0.05) is 116 Å². The average molecular weight is 493 g/mol. The number of hydrogen-bond acceptors (Lipinski definition) is 3. The molecule has 0 heterocycles. The Morgan fingerprint density at radius 1 is 0.857 bits per heavy atom. The van der Waals surface area contributed by atoms with Gasteiger partial charge in [-0.25, -0.2) is 0 Å². The van der Waals surface area contributed by atoms with Crippen molar-refractivity contribution in [3.05, 3.63) is 12.2 Å². The van der Waals surface area contributed by atoms with Gasteiger partial charge in [0.1, 0.15) is 6.29 Å². The molecule has 0 aromatic carbocycles. The molecule has 1 unspecified atom stereocenters. The van der Waals surface area contributed by atoms with Crippen LogP contribution >= 0.6 is 0 Å². The second-order valence-corrected chi connectivity index (χ2v) is 11.9. The maximum Gasteiger partial charge on any atom is 0.145 e. The first kappa shape index (κ1) is 32.4. The van der Waals surface area contributed by atoms with E-state index in [2.05, 4.69) is 13.5 Å². The molecule has 2 fully saturated rings. The molecule has 1 N–H and O–H groups in total. The van der Waals surface area contributed by atoms with Crippen LogP contribution in [0.15, 0.2) is 12.2 Å². The van der Waals surface area contributed by atoms with E-state index in [4.69, 9.17) is 4.74 Å². The maximum atomic E-state index is 9.41. The van der Waals surface area contributed by atoms with E-state index in [1.54, 1.807) is 14.0 Å². The van der Waals surface area contributed by atoms with Gasteiger partial charge >= 0.3 is 0 Å². The number of carbonyl (C=O) groups excluding carboxylic acids is 1. The van der Waals surface area contributed by atoms with Crippen LogP contribution in [0.25, 0.3) is 0 Å². The van der Waals surface area contributed by atoms with E-state index in [1.807, 2.05) is 0 Å². The van der Waals surface area contributed by atoms with Crippen molar-refractivity contribution in [2.75, 3.05) is 20.3 Å². The highest BCUT2D eigenvalue weighted by Crippen LogP contribution is 2.38. The van der Waals surface area contributed by atoms with Gasteiger partial charge in [-0.3, -0.25) is 4.79 Å². The van der Waals surface area contributed by atoms with Crippen molar-refractivity contribution in [3.8, 4) is 0 Å². The van der Waals surface area contributed by atoms with Crippen LogP contribution < -0.4 is 0 Å². The standard InChI is InChI=1S/C28H54O2.C4H6O/c1-3-4-5-8-24-11-13-25(14-12-24)9-6-7-10-26-15-17-27(18-16-26)23-28(19-21-29)20-22-30-2;1-4(2)3-5/h24-29H,3-23H2,1-2H3;3H,1H2,2H3. The molecular weight excluding hydrogens is 432 g/mol. The third-order valence-corrected chi connectivity index (χ3v) is 8.76. The Morgan fingerprint density at radius 3 is 1.66 bits per heavy atom. The third-order valence-electron chi connectivity index (χ3n) is 8.76. The molecule has 0 saturated heterocycles. The first-order valence-corrected chi connectivity index (χ1v) is 15.2. The molecule has 0 aliphatic heterocycles. The van der Waals surface area contributed by atoms with Gasteiger partial charge in [-0.05, 0) is 61.3 Å². The summed E-state index contributed by atoms with van der Waals surface area (Å²) >= 11 is 0. The summed E-state index contributed by atoms with van der Waals surface area (Å²) < 4.78 is 5.27. The smallest absolute Gasteiger partial charge is 0.145 e. The summed E-state index contributed by atoms with van der Waals surface area (Å²) in [5.41, 5.74) is 0.574. The number of allylic oxidation sites excluding steroid dienone is 1. The second kappa shape index (κ2) is 21.4. The third kappa shape index (κ3) is 16.6. The van der Waals surface area contributed by atoms with Crippen molar-refractivity contribution >= 4 is 6.29 Å². The van der Waals surface area contributed by atoms with Gasteiger partial charge in [0.05, 0.1) is 0 Å². The molecule has 206 valence electrons. The summed E-state index contributed by atoms with van der Waals surface area (Å²) in [4.78, 5) is 9.41. The van der Waals surface area contributed by atoms with E-state index in [1.165, 1.54) is 109 Å². The van der Waals surface area contributed by atoms with Gasteiger partial charge in [0.2, 0.25) is 0 Å². The number of ether oxygens (including phenoxy) is 1. The van der Waals surface area contributed by atoms with E-state index in [0.29, 0.717) is 18.1 Å². The molecule has 0 radical (unpaired) electrons. The number of carbonyl (C=O) groups is 1. The van der Waals surface area contributed by atoms with E-state index >= 15 is 0 Å². The molecule has 2 saturated carbocycles. The number of rotatable bonds is 17.